The number of nitrogens with one attached hydrogen (secondary N) is 1. The lowest BCUT2D eigenvalue weighted by atomic mass is 9.89. The minimum Gasteiger partial charge on any atom is -0.351 e. The second-order valence-corrected chi connectivity index (χ2v) is 5.91. The lowest BCUT2D eigenvalue weighted by molar-refractivity contribution is -0.127. The van der Waals surface area contributed by atoms with Crippen LogP contribution in [0.4, 0.5) is 5.69 Å². The monoisotopic (exact) mass is 308 g/mol. The summed E-state index contributed by atoms with van der Waals surface area (Å²) in [6.45, 7) is 2.50. The van der Waals surface area contributed by atoms with Gasteiger partial charge in [0.2, 0.25) is 11.8 Å². The van der Waals surface area contributed by atoms with Gasteiger partial charge in [-0.15, -0.1) is 0 Å². The zero-order valence-electron chi connectivity index (χ0n) is 13.4. The van der Waals surface area contributed by atoms with E-state index in [1.54, 1.807) is 11.9 Å². The van der Waals surface area contributed by atoms with Gasteiger partial charge in [0.25, 0.3) is 0 Å². The Kier molecular flexibility index (Phi) is 4.15. The van der Waals surface area contributed by atoms with E-state index in [9.17, 15) is 9.59 Å². The van der Waals surface area contributed by atoms with Crippen molar-refractivity contribution in [3.63, 3.8) is 0 Å². The van der Waals surface area contributed by atoms with Crippen LogP contribution in [0, 0.1) is 6.92 Å². The number of nitrogens with zero attached hydrogens (tertiary/aromatic N) is 1. The zero-order valence-corrected chi connectivity index (χ0v) is 13.4. The molecule has 2 amide bonds. The fraction of sp³-hybridized carbons (Fsp3) is 0.263. The molecule has 0 bridgehead atoms. The summed E-state index contributed by atoms with van der Waals surface area (Å²) in [5.74, 6) is -0.541. The molecule has 2 aromatic carbocycles. The van der Waals surface area contributed by atoms with E-state index in [4.69, 9.17) is 0 Å². The molecule has 0 radical (unpaired) electrons. The third-order valence-electron chi connectivity index (χ3n) is 4.46. The standard InChI is InChI=1S/C19H20N2O2/c1-13-7-3-4-8-14(13)12-20-19(23)16-11-18(22)21(2)17-10-6-5-9-15(16)17/h3-10,16H,11-12H2,1-2H3,(H,20,23). The molecule has 1 aliphatic rings. The van der Waals surface area contributed by atoms with Crippen molar-refractivity contribution in [2.75, 3.05) is 11.9 Å². The second-order valence-electron chi connectivity index (χ2n) is 5.91. The van der Waals surface area contributed by atoms with Gasteiger partial charge in [0.15, 0.2) is 0 Å². The van der Waals surface area contributed by atoms with Crippen LogP contribution in [0.1, 0.15) is 29.0 Å². The van der Waals surface area contributed by atoms with E-state index in [-0.39, 0.29) is 18.2 Å². The molecule has 0 aromatic heterocycles. The topological polar surface area (TPSA) is 49.4 Å². The number of hydrogen-bond donors (Lipinski definition) is 1. The lowest BCUT2D eigenvalue weighted by Crippen LogP contribution is -2.39. The van der Waals surface area contributed by atoms with Gasteiger partial charge in [-0.1, -0.05) is 42.5 Å². The summed E-state index contributed by atoms with van der Waals surface area (Å²) in [7, 11) is 1.75. The number of para-hydroxylation sites is 1. The molecule has 1 atom stereocenters. The maximum atomic E-state index is 12.6. The van der Waals surface area contributed by atoms with Crippen molar-refractivity contribution in [2.45, 2.75) is 25.8 Å². The van der Waals surface area contributed by atoms with Gasteiger partial charge in [-0.3, -0.25) is 9.59 Å². The molecular weight excluding hydrogens is 288 g/mol. The van der Waals surface area contributed by atoms with E-state index in [0.29, 0.717) is 6.54 Å². The van der Waals surface area contributed by atoms with Crippen LogP contribution >= 0.6 is 0 Å². The van der Waals surface area contributed by atoms with Crippen LogP contribution in [0.3, 0.4) is 0 Å². The predicted molar refractivity (Wildman–Crippen MR) is 90.2 cm³/mol. The summed E-state index contributed by atoms with van der Waals surface area (Å²) in [5.41, 5.74) is 3.97. The molecule has 4 nitrogen and oxygen atoms in total. The molecular formula is C19H20N2O2. The largest absolute Gasteiger partial charge is 0.351 e. The minimum atomic E-state index is -0.418. The Balaban J connectivity index is 1.79. The smallest absolute Gasteiger partial charge is 0.228 e. The van der Waals surface area contributed by atoms with E-state index in [1.807, 2.05) is 55.5 Å². The first-order valence-corrected chi connectivity index (χ1v) is 7.75. The van der Waals surface area contributed by atoms with Crippen molar-refractivity contribution in [2.24, 2.45) is 0 Å². The number of amides is 2. The van der Waals surface area contributed by atoms with E-state index in [0.717, 1.165) is 22.4 Å². The van der Waals surface area contributed by atoms with E-state index in [1.165, 1.54) is 0 Å². The fourth-order valence-corrected chi connectivity index (χ4v) is 2.99. The molecule has 0 saturated heterocycles. The zero-order chi connectivity index (χ0) is 16.4. The fourth-order valence-electron chi connectivity index (χ4n) is 2.99. The minimum absolute atomic E-state index is 0.0280. The van der Waals surface area contributed by atoms with Crippen molar-refractivity contribution in [3.8, 4) is 0 Å². The average molecular weight is 308 g/mol. The summed E-state index contributed by atoms with van der Waals surface area (Å²) >= 11 is 0. The summed E-state index contributed by atoms with van der Waals surface area (Å²) in [6.07, 6.45) is 0.215. The van der Waals surface area contributed by atoms with E-state index in [2.05, 4.69) is 5.32 Å². The van der Waals surface area contributed by atoms with Crippen molar-refractivity contribution in [3.05, 3.63) is 65.2 Å². The quantitative estimate of drug-likeness (QED) is 0.948. The highest BCUT2D eigenvalue weighted by Crippen LogP contribution is 2.35. The van der Waals surface area contributed by atoms with Gasteiger partial charge in [0.05, 0.1) is 5.92 Å². The molecule has 0 fully saturated rings. The molecule has 118 valence electrons. The molecule has 1 aliphatic heterocycles. The second kappa shape index (κ2) is 6.24. The Morgan fingerprint density at radius 2 is 1.87 bits per heavy atom. The van der Waals surface area contributed by atoms with Crippen LogP contribution in [0.5, 0.6) is 0 Å². The van der Waals surface area contributed by atoms with Crippen LogP contribution in [0.2, 0.25) is 0 Å². The molecule has 1 heterocycles. The Morgan fingerprint density at radius 3 is 2.65 bits per heavy atom. The van der Waals surface area contributed by atoms with Crippen LogP contribution in [-0.4, -0.2) is 18.9 Å². The van der Waals surface area contributed by atoms with E-state index >= 15 is 0 Å². The summed E-state index contributed by atoms with van der Waals surface area (Å²) in [4.78, 5) is 26.4. The number of rotatable bonds is 3. The molecule has 4 heteroatoms. The molecule has 1 N–H and O–H groups in total. The molecule has 0 spiro atoms. The van der Waals surface area contributed by atoms with Gasteiger partial charge in [0, 0.05) is 25.7 Å². The van der Waals surface area contributed by atoms with Crippen molar-refractivity contribution < 1.29 is 9.59 Å². The first-order valence-electron chi connectivity index (χ1n) is 7.75. The third-order valence-corrected chi connectivity index (χ3v) is 4.46. The first kappa shape index (κ1) is 15.3. The SMILES string of the molecule is Cc1ccccc1CNC(=O)C1CC(=O)N(C)c2ccccc21. The van der Waals surface area contributed by atoms with Gasteiger partial charge >= 0.3 is 0 Å². The highest BCUT2D eigenvalue weighted by Gasteiger charge is 2.33. The summed E-state index contributed by atoms with van der Waals surface area (Å²) in [6, 6.07) is 15.6. The van der Waals surface area contributed by atoms with Gasteiger partial charge in [-0.05, 0) is 29.7 Å². The Morgan fingerprint density at radius 1 is 1.17 bits per heavy atom. The maximum Gasteiger partial charge on any atom is 0.228 e. The van der Waals surface area contributed by atoms with Gasteiger partial charge in [0.1, 0.15) is 0 Å². The van der Waals surface area contributed by atoms with E-state index < -0.39 is 5.92 Å². The van der Waals surface area contributed by atoms with Crippen LogP contribution in [0.25, 0.3) is 0 Å². The third kappa shape index (κ3) is 2.97. The Hall–Kier alpha value is -2.62. The molecule has 1 unspecified atom stereocenters. The number of anilines is 1. The number of benzene rings is 2. The van der Waals surface area contributed by atoms with Crippen LogP contribution in [0.15, 0.2) is 48.5 Å². The number of hydrogen-bond acceptors (Lipinski definition) is 2. The van der Waals surface area contributed by atoms with Gasteiger partial charge in [-0.2, -0.15) is 0 Å². The molecule has 23 heavy (non-hydrogen) atoms. The predicted octanol–water partition coefficient (Wildman–Crippen LogP) is 2.76. The highest BCUT2D eigenvalue weighted by atomic mass is 16.2. The van der Waals surface area contributed by atoms with Crippen molar-refractivity contribution >= 4 is 17.5 Å². The first-order chi connectivity index (χ1) is 11.1. The Bertz CT molecular complexity index is 755. The molecule has 0 saturated carbocycles. The number of carbonyl (C=O) groups excluding carboxylic acids is 2. The van der Waals surface area contributed by atoms with Crippen LogP contribution in [-0.2, 0) is 16.1 Å². The summed E-state index contributed by atoms with van der Waals surface area (Å²) < 4.78 is 0. The highest BCUT2D eigenvalue weighted by molar-refractivity contribution is 6.02. The van der Waals surface area contributed by atoms with Crippen LogP contribution < -0.4 is 10.2 Å². The summed E-state index contributed by atoms with van der Waals surface area (Å²) in [5, 5.41) is 2.98. The normalized spacial score (nSPS) is 16.9. The molecule has 2 aromatic rings. The van der Waals surface area contributed by atoms with Crippen molar-refractivity contribution in [1.29, 1.82) is 0 Å². The van der Waals surface area contributed by atoms with Crippen molar-refractivity contribution in [1.82, 2.24) is 5.32 Å². The molecule has 0 aliphatic carbocycles. The molecule has 3 rings (SSSR count). The average Bonchev–Trinajstić information content (AvgIpc) is 2.57. The lowest BCUT2D eigenvalue weighted by Gasteiger charge is -2.30. The van der Waals surface area contributed by atoms with Gasteiger partial charge < -0.3 is 10.2 Å². The Labute approximate surface area is 136 Å². The van der Waals surface area contributed by atoms with Gasteiger partial charge in [-0.25, -0.2) is 0 Å². The number of fused-ring (bicyclic) bond motifs is 1. The maximum absolute atomic E-state index is 12.6. The number of aryl methyl sites for hydroxylation is 1. The number of carbonyl (C=O) groups is 2.